The minimum Gasteiger partial charge on any atom is -0.871 e. The van der Waals surface area contributed by atoms with Gasteiger partial charge in [-0.1, -0.05) is 17.6 Å². The van der Waals surface area contributed by atoms with Crippen molar-refractivity contribution in [2.24, 2.45) is 10.2 Å². The molecule has 0 unspecified atom stereocenters. The van der Waals surface area contributed by atoms with Crippen LogP contribution in [0.2, 0.25) is 0 Å². The van der Waals surface area contributed by atoms with Gasteiger partial charge in [-0.25, -0.2) is 25.3 Å². The first-order chi connectivity index (χ1) is 16.1. The van der Waals surface area contributed by atoms with Gasteiger partial charge in [0.2, 0.25) is 10.4 Å². The van der Waals surface area contributed by atoms with Crippen LogP contribution in [0, 0.1) is 0 Å². The SMILES string of the molecule is Nc1ccc2c([O-])c(N=Nc3ccc(S(=O)(=O)CCOS(=O)(=O)[O-])cc3[O-])c(S(=O)(=O)[O-])cc2c1.[Cu+2].[H+].[H+]. The molecule has 18 heteroatoms. The van der Waals surface area contributed by atoms with E-state index in [2.05, 4.69) is 14.4 Å². The average Bonchev–Trinajstić information content (AvgIpc) is 2.71. The molecule has 0 amide bonds. The van der Waals surface area contributed by atoms with Gasteiger partial charge >= 0.3 is 19.9 Å². The monoisotopic (exact) mass is 608 g/mol. The number of benzene rings is 3. The summed E-state index contributed by atoms with van der Waals surface area (Å²) in [5.74, 6) is -2.92. The van der Waals surface area contributed by atoms with Gasteiger partial charge in [-0.15, -0.1) is 5.11 Å². The molecule has 0 aromatic heterocycles. The standard InChI is InChI=1S/C18H17N3O11S3.Cu/c19-11-1-3-13-10(7-11)8-16(34(26,27)28)17(18(13)23)21-20-14-4-2-12(9-15(14)22)33(24,25)6-5-32-35(29,30)31;/h1-4,7-9,22-23H,5-6,19H2,(H,26,27,28)(H,29,30,31);/q;+2/p-2. The Morgan fingerprint density at radius 2 is 1.58 bits per heavy atom. The predicted octanol–water partition coefficient (Wildman–Crippen LogP) is 0.362. The number of rotatable bonds is 8. The first kappa shape index (κ1) is 29.4. The number of nitrogens with zero attached hydrogens (tertiary/aromatic N) is 2. The fourth-order valence-corrected chi connectivity index (χ4v) is 5.01. The molecule has 3 aromatic carbocycles. The van der Waals surface area contributed by atoms with Crippen LogP contribution in [0.1, 0.15) is 2.85 Å². The van der Waals surface area contributed by atoms with Crippen LogP contribution in [0.3, 0.4) is 0 Å². The van der Waals surface area contributed by atoms with Crippen molar-refractivity contribution in [3.63, 3.8) is 0 Å². The maximum Gasteiger partial charge on any atom is 2.00 e. The molecular formula is C18H15CuN3O11S3. The molecule has 0 aliphatic heterocycles. The Labute approximate surface area is 218 Å². The van der Waals surface area contributed by atoms with Crippen molar-refractivity contribution in [2.75, 3.05) is 18.1 Å². The normalized spacial score (nSPS) is 12.6. The van der Waals surface area contributed by atoms with Crippen LogP contribution in [0.25, 0.3) is 10.8 Å². The van der Waals surface area contributed by atoms with Gasteiger partial charge in [-0.05, 0) is 47.2 Å². The summed E-state index contributed by atoms with van der Waals surface area (Å²) in [7, 11) is -14.5. The van der Waals surface area contributed by atoms with Crippen molar-refractivity contribution in [1.82, 2.24) is 0 Å². The Hall–Kier alpha value is -2.83. The molecule has 0 spiro atoms. The van der Waals surface area contributed by atoms with Gasteiger partial charge in [-0.3, -0.25) is 4.18 Å². The fraction of sp³-hybridized carbons (Fsp3) is 0.111. The van der Waals surface area contributed by atoms with E-state index in [4.69, 9.17) is 5.73 Å². The van der Waals surface area contributed by atoms with Crippen molar-refractivity contribution in [3.05, 3.63) is 42.5 Å². The zero-order chi connectivity index (χ0) is 26.2. The van der Waals surface area contributed by atoms with Crippen LogP contribution >= 0.6 is 0 Å². The fourth-order valence-electron chi connectivity index (χ4n) is 2.88. The van der Waals surface area contributed by atoms with Crippen LogP contribution < -0.4 is 15.9 Å². The molecule has 0 aliphatic rings. The maximum atomic E-state index is 12.7. The Morgan fingerprint density at radius 3 is 2.17 bits per heavy atom. The number of hydrogen-bond donors (Lipinski definition) is 1. The minimum atomic E-state index is -5.20. The molecule has 0 fully saturated rings. The van der Waals surface area contributed by atoms with Crippen LogP contribution in [-0.2, 0) is 51.6 Å². The Kier molecular flexibility index (Phi) is 8.70. The van der Waals surface area contributed by atoms with E-state index < -0.39 is 75.4 Å². The maximum absolute atomic E-state index is 12.7. The molecule has 0 atom stereocenters. The molecule has 36 heavy (non-hydrogen) atoms. The van der Waals surface area contributed by atoms with Crippen molar-refractivity contribution in [1.29, 1.82) is 0 Å². The zero-order valence-corrected chi connectivity index (χ0v) is 20.8. The van der Waals surface area contributed by atoms with Gasteiger partial charge in [0.15, 0.2) is 9.84 Å². The smallest absolute Gasteiger partial charge is 0.871 e. The molecule has 0 aliphatic carbocycles. The number of hydrogen-bond acceptors (Lipinski definition) is 14. The first-order valence-corrected chi connectivity index (χ1v) is 13.5. The largest absolute Gasteiger partial charge is 2.00 e. The van der Waals surface area contributed by atoms with Gasteiger partial charge in [0.25, 0.3) is 0 Å². The average molecular weight is 609 g/mol. The zero-order valence-electron chi connectivity index (χ0n) is 19.4. The summed E-state index contributed by atoms with van der Waals surface area (Å²) in [6, 6.07) is 7.23. The van der Waals surface area contributed by atoms with E-state index in [1.54, 1.807) is 0 Å². The second kappa shape index (κ2) is 10.7. The third-order valence-corrected chi connectivity index (χ3v) is 7.43. The molecule has 2 N–H and O–H groups in total. The molecule has 14 nitrogen and oxygen atoms in total. The molecule has 3 aromatic rings. The summed E-state index contributed by atoms with van der Waals surface area (Å²) in [5.41, 5.74) is 4.45. The van der Waals surface area contributed by atoms with Gasteiger partial charge in [0.1, 0.15) is 10.1 Å². The van der Waals surface area contributed by atoms with E-state index in [1.165, 1.54) is 18.2 Å². The van der Waals surface area contributed by atoms with Crippen LogP contribution in [0.4, 0.5) is 17.1 Å². The molecule has 1 radical (unpaired) electrons. The number of azo groups is 1. The molecule has 3 rings (SSSR count). The van der Waals surface area contributed by atoms with Crippen LogP contribution in [-0.4, -0.2) is 46.7 Å². The van der Waals surface area contributed by atoms with E-state index in [-0.39, 0.29) is 36.4 Å². The summed E-state index contributed by atoms with van der Waals surface area (Å²) in [5, 5.41) is 32.0. The van der Waals surface area contributed by atoms with E-state index in [0.29, 0.717) is 6.07 Å². The number of fused-ring (bicyclic) bond motifs is 1. The third-order valence-electron chi connectivity index (χ3n) is 4.45. The van der Waals surface area contributed by atoms with E-state index in [9.17, 15) is 44.6 Å². The minimum absolute atomic E-state index is 0. The second-order valence-electron chi connectivity index (χ2n) is 6.87. The van der Waals surface area contributed by atoms with E-state index in [1.807, 2.05) is 0 Å². The molecule has 197 valence electrons. The summed E-state index contributed by atoms with van der Waals surface area (Å²) >= 11 is 0. The predicted molar refractivity (Wildman–Crippen MR) is 116 cm³/mol. The van der Waals surface area contributed by atoms with Gasteiger partial charge in [0.05, 0.1) is 33.5 Å². The Bertz CT molecular complexity index is 1680. The van der Waals surface area contributed by atoms with Gasteiger partial charge < -0.3 is 25.1 Å². The number of nitrogen functional groups attached to an aromatic ring is 1. The first-order valence-electron chi connectivity index (χ1n) is 9.13. The molecule has 0 saturated carbocycles. The molecule has 0 saturated heterocycles. The second-order valence-corrected chi connectivity index (χ2v) is 11.4. The molecular weight excluding hydrogens is 594 g/mol. The summed E-state index contributed by atoms with van der Waals surface area (Å²) in [4.78, 5) is -1.55. The quantitative estimate of drug-likeness (QED) is 0.119. The molecule has 0 bridgehead atoms. The summed E-state index contributed by atoms with van der Waals surface area (Å²) in [6.45, 7) is -0.976. The van der Waals surface area contributed by atoms with Crippen LogP contribution in [0.15, 0.2) is 62.5 Å². The van der Waals surface area contributed by atoms with Crippen molar-refractivity contribution in [3.8, 4) is 11.5 Å². The topological polar surface area (TPSA) is 255 Å². The summed E-state index contributed by atoms with van der Waals surface area (Å²) < 4.78 is 94.5. The molecule has 0 heterocycles. The third kappa shape index (κ3) is 6.89. The van der Waals surface area contributed by atoms with E-state index >= 15 is 0 Å². The number of nitrogens with two attached hydrogens (primary N) is 1. The van der Waals surface area contributed by atoms with Crippen molar-refractivity contribution >= 4 is 58.2 Å². The Morgan fingerprint density at radius 1 is 0.917 bits per heavy atom. The van der Waals surface area contributed by atoms with Gasteiger partial charge in [0, 0.05) is 5.69 Å². The summed E-state index contributed by atoms with van der Waals surface area (Å²) in [6.07, 6.45) is 0. The van der Waals surface area contributed by atoms with Gasteiger partial charge in [-0.2, -0.15) is 5.11 Å². The number of anilines is 1. The van der Waals surface area contributed by atoms with Crippen LogP contribution in [0.5, 0.6) is 11.5 Å². The Balaban J connectivity index is 0.00000456. The number of sulfone groups is 1. The van der Waals surface area contributed by atoms with E-state index in [0.717, 1.165) is 18.2 Å². The van der Waals surface area contributed by atoms with Crippen molar-refractivity contribution < 1.29 is 68.7 Å². The van der Waals surface area contributed by atoms with Crippen molar-refractivity contribution in [2.45, 2.75) is 9.79 Å².